The molecular formula is C21H23N3O3S. The molecule has 1 heterocycles. The highest BCUT2D eigenvalue weighted by atomic mass is 32.1. The molecule has 1 fully saturated rings. The van der Waals surface area contributed by atoms with Gasteiger partial charge in [0.25, 0.3) is 0 Å². The van der Waals surface area contributed by atoms with Crippen LogP contribution in [-0.2, 0) is 4.79 Å². The van der Waals surface area contributed by atoms with Crippen LogP contribution >= 0.6 is 12.2 Å². The van der Waals surface area contributed by atoms with Gasteiger partial charge in [-0.1, -0.05) is 18.7 Å². The van der Waals surface area contributed by atoms with Gasteiger partial charge in [0, 0.05) is 11.4 Å². The van der Waals surface area contributed by atoms with Gasteiger partial charge < -0.3 is 25.8 Å². The van der Waals surface area contributed by atoms with Gasteiger partial charge in [0.1, 0.15) is 5.92 Å². The smallest absolute Gasteiger partial charge is 0.235 e. The van der Waals surface area contributed by atoms with Gasteiger partial charge in [0.05, 0.1) is 13.2 Å². The highest BCUT2D eigenvalue weighted by Crippen LogP contribution is 2.35. The number of thiocarbonyl (C=S) groups is 1. The summed E-state index contributed by atoms with van der Waals surface area (Å²) in [5.41, 5.74) is 4.11. The summed E-state index contributed by atoms with van der Waals surface area (Å²) in [5.74, 6) is -0.489. The van der Waals surface area contributed by atoms with Crippen molar-refractivity contribution >= 4 is 28.9 Å². The Bertz CT molecular complexity index is 938. The van der Waals surface area contributed by atoms with Crippen LogP contribution in [-0.4, -0.2) is 23.2 Å². The maximum Gasteiger partial charge on any atom is 0.235 e. The fraction of sp³-hybridized carbons (Fsp3) is 0.238. The quantitative estimate of drug-likeness (QED) is 0.593. The first-order chi connectivity index (χ1) is 13.3. The molecule has 0 aromatic heterocycles. The number of aromatic hydroxyl groups is 1. The van der Waals surface area contributed by atoms with Crippen molar-refractivity contribution in [1.82, 2.24) is 10.6 Å². The number of carbonyl (C=O) groups excluding carboxylic acids is 1. The number of hydrogen-bond acceptors (Lipinski definition) is 4. The highest BCUT2D eigenvalue weighted by Gasteiger charge is 2.37. The second-order valence-electron chi connectivity index (χ2n) is 6.88. The molecule has 7 heteroatoms. The van der Waals surface area contributed by atoms with E-state index in [2.05, 4.69) is 22.5 Å². The van der Waals surface area contributed by atoms with E-state index < -0.39 is 12.0 Å². The molecule has 6 nitrogen and oxygen atoms in total. The largest absolute Gasteiger partial charge is 0.504 e. The molecule has 0 unspecified atom stereocenters. The zero-order chi connectivity index (χ0) is 20.4. The monoisotopic (exact) mass is 397 g/mol. The van der Waals surface area contributed by atoms with Gasteiger partial charge in [-0.15, -0.1) is 0 Å². The predicted molar refractivity (Wildman–Crippen MR) is 113 cm³/mol. The number of phenols is 1. The Kier molecular flexibility index (Phi) is 5.56. The number of methoxy groups -OCH3 is 1. The summed E-state index contributed by atoms with van der Waals surface area (Å²) in [6, 6.07) is 10.4. The molecule has 2 atom stereocenters. The predicted octanol–water partition coefficient (Wildman–Crippen LogP) is 3.31. The SMILES string of the molecule is C=C1NC(=S)N[C@@H](c2ccc(O)c(OC)c2)[C@@H]1C(=O)Nc1cc(C)cc(C)c1. The lowest BCUT2D eigenvalue weighted by atomic mass is 9.88. The fourth-order valence-corrected chi connectivity index (χ4v) is 3.68. The number of ether oxygens (including phenoxy) is 1. The van der Waals surface area contributed by atoms with Gasteiger partial charge in [-0.2, -0.15) is 0 Å². The number of anilines is 1. The third-order valence-electron chi connectivity index (χ3n) is 4.60. The number of nitrogens with one attached hydrogen (secondary N) is 3. The lowest BCUT2D eigenvalue weighted by molar-refractivity contribution is -0.119. The van der Waals surface area contributed by atoms with Crippen LogP contribution in [0.2, 0.25) is 0 Å². The zero-order valence-corrected chi connectivity index (χ0v) is 16.8. The van der Waals surface area contributed by atoms with E-state index in [1.165, 1.54) is 13.2 Å². The molecule has 146 valence electrons. The first kappa shape index (κ1) is 19.7. The topological polar surface area (TPSA) is 82.6 Å². The summed E-state index contributed by atoms with van der Waals surface area (Å²) < 4.78 is 5.20. The summed E-state index contributed by atoms with van der Waals surface area (Å²) >= 11 is 5.25. The third-order valence-corrected chi connectivity index (χ3v) is 4.82. The molecule has 0 spiro atoms. The van der Waals surface area contributed by atoms with Crippen LogP contribution in [0.3, 0.4) is 0 Å². The van der Waals surface area contributed by atoms with Crippen molar-refractivity contribution in [2.45, 2.75) is 19.9 Å². The molecule has 1 amide bonds. The molecule has 0 saturated carbocycles. The second-order valence-corrected chi connectivity index (χ2v) is 7.28. The minimum absolute atomic E-state index is 0.0258. The molecule has 0 aliphatic carbocycles. The number of hydrogen-bond donors (Lipinski definition) is 4. The van der Waals surface area contributed by atoms with Crippen LogP contribution in [0.15, 0.2) is 48.7 Å². The normalized spacial score (nSPS) is 18.8. The Morgan fingerprint density at radius 2 is 1.89 bits per heavy atom. The number of rotatable bonds is 4. The molecule has 1 aliphatic heterocycles. The van der Waals surface area contributed by atoms with Crippen LogP contribution in [0.5, 0.6) is 11.5 Å². The Hall–Kier alpha value is -3.06. The van der Waals surface area contributed by atoms with Crippen LogP contribution in [0.1, 0.15) is 22.7 Å². The average molecular weight is 398 g/mol. The van der Waals surface area contributed by atoms with E-state index in [-0.39, 0.29) is 11.7 Å². The Morgan fingerprint density at radius 3 is 2.54 bits per heavy atom. The lowest BCUT2D eigenvalue weighted by Gasteiger charge is -2.35. The van der Waals surface area contributed by atoms with Gasteiger partial charge in [-0.3, -0.25) is 4.79 Å². The zero-order valence-electron chi connectivity index (χ0n) is 16.0. The molecule has 28 heavy (non-hydrogen) atoms. The third kappa shape index (κ3) is 4.09. The lowest BCUT2D eigenvalue weighted by Crippen LogP contribution is -2.51. The number of amides is 1. The van der Waals surface area contributed by atoms with E-state index >= 15 is 0 Å². The standard InChI is InChI=1S/C21H23N3O3S/c1-11-7-12(2)9-15(8-11)23-20(26)18-13(3)22-21(28)24-19(18)14-5-6-16(25)17(10-14)27-4/h5-10,18-19,25H,3H2,1-2,4H3,(H,23,26)(H2,22,24,28)/t18-,19+/m1/s1. The van der Waals surface area contributed by atoms with E-state index in [1.54, 1.807) is 12.1 Å². The van der Waals surface area contributed by atoms with Crippen molar-refractivity contribution < 1.29 is 14.6 Å². The summed E-state index contributed by atoms with van der Waals surface area (Å²) in [6.45, 7) is 7.96. The van der Waals surface area contributed by atoms with Gasteiger partial charge in [-0.05, 0) is 67.0 Å². The number of benzene rings is 2. The highest BCUT2D eigenvalue weighted by molar-refractivity contribution is 7.80. The van der Waals surface area contributed by atoms with Crippen molar-refractivity contribution in [2.75, 3.05) is 12.4 Å². The molecule has 4 N–H and O–H groups in total. The minimum atomic E-state index is -0.623. The summed E-state index contributed by atoms with van der Waals surface area (Å²) in [7, 11) is 1.47. The van der Waals surface area contributed by atoms with Crippen LogP contribution in [0.25, 0.3) is 0 Å². The minimum Gasteiger partial charge on any atom is -0.504 e. The first-order valence-electron chi connectivity index (χ1n) is 8.81. The molecule has 0 bridgehead atoms. The van der Waals surface area contributed by atoms with E-state index in [1.807, 2.05) is 32.0 Å². The number of aryl methyl sites for hydroxylation is 2. The number of phenolic OH excluding ortho intramolecular Hbond substituents is 1. The summed E-state index contributed by atoms with van der Waals surface area (Å²) in [5, 5.41) is 19.3. The summed E-state index contributed by atoms with van der Waals surface area (Å²) in [6.07, 6.45) is 0. The van der Waals surface area contributed by atoms with Crippen LogP contribution in [0.4, 0.5) is 5.69 Å². The Morgan fingerprint density at radius 1 is 1.21 bits per heavy atom. The molecular weight excluding hydrogens is 374 g/mol. The maximum atomic E-state index is 13.1. The van der Waals surface area contributed by atoms with E-state index in [0.29, 0.717) is 16.6 Å². The van der Waals surface area contributed by atoms with Crippen LogP contribution < -0.4 is 20.7 Å². The van der Waals surface area contributed by atoms with Gasteiger partial charge in [0.15, 0.2) is 16.6 Å². The Labute approximate surface area is 169 Å². The molecule has 0 radical (unpaired) electrons. The van der Waals surface area contributed by atoms with E-state index in [4.69, 9.17) is 17.0 Å². The average Bonchev–Trinajstić information content (AvgIpc) is 2.60. The van der Waals surface area contributed by atoms with Gasteiger partial charge in [-0.25, -0.2) is 0 Å². The maximum absolute atomic E-state index is 13.1. The molecule has 1 saturated heterocycles. The fourth-order valence-electron chi connectivity index (χ4n) is 3.43. The van der Waals surface area contributed by atoms with Gasteiger partial charge in [0.2, 0.25) is 5.91 Å². The van der Waals surface area contributed by atoms with Crippen molar-refractivity contribution in [3.8, 4) is 11.5 Å². The molecule has 1 aliphatic rings. The number of carbonyl (C=O) groups is 1. The Balaban J connectivity index is 1.94. The molecule has 3 rings (SSSR count). The molecule has 2 aromatic carbocycles. The van der Waals surface area contributed by atoms with E-state index in [9.17, 15) is 9.90 Å². The van der Waals surface area contributed by atoms with Crippen LogP contribution in [0, 0.1) is 19.8 Å². The van der Waals surface area contributed by atoms with E-state index in [0.717, 1.165) is 22.4 Å². The first-order valence-corrected chi connectivity index (χ1v) is 9.21. The van der Waals surface area contributed by atoms with Crippen molar-refractivity contribution in [2.24, 2.45) is 5.92 Å². The van der Waals surface area contributed by atoms with Crippen molar-refractivity contribution in [3.05, 3.63) is 65.4 Å². The summed E-state index contributed by atoms with van der Waals surface area (Å²) in [4.78, 5) is 13.1. The molecule has 2 aromatic rings. The second kappa shape index (κ2) is 7.90. The van der Waals surface area contributed by atoms with Crippen molar-refractivity contribution in [1.29, 1.82) is 0 Å². The van der Waals surface area contributed by atoms with Crippen molar-refractivity contribution in [3.63, 3.8) is 0 Å². The van der Waals surface area contributed by atoms with Gasteiger partial charge >= 0.3 is 0 Å².